The SMILES string of the molecule is CSc1ccc(NC(=O)Cn2cnc3scc(-c4cccs4)c3c2=O)cc1. The quantitative estimate of drug-likeness (QED) is 0.488. The molecule has 0 aliphatic carbocycles. The van der Waals surface area contributed by atoms with E-state index in [2.05, 4.69) is 10.3 Å². The highest BCUT2D eigenvalue weighted by molar-refractivity contribution is 7.98. The average molecular weight is 414 g/mol. The number of carbonyl (C=O) groups is 1. The summed E-state index contributed by atoms with van der Waals surface area (Å²) in [5, 5.41) is 7.32. The zero-order valence-corrected chi connectivity index (χ0v) is 16.8. The predicted molar refractivity (Wildman–Crippen MR) is 114 cm³/mol. The summed E-state index contributed by atoms with van der Waals surface area (Å²) in [4.78, 5) is 32.5. The third-order valence-corrected chi connectivity index (χ3v) is 6.57. The van der Waals surface area contributed by atoms with Crippen LogP contribution in [0.15, 0.2) is 63.2 Å². The molecule has 0 bridgehead atoms. The smallest absolute Gasteiger partial charge is 0.263 e. The lowest BCUT2D eigenvalue weighted by atomic mass is 10.2. The number of nitrogens with zero attached hydrogens (tertiary/aromatic N) is 2. The Balaban J connectivity index is 1.60. The van der Waals surface area contributed by atoms with Crippen molar-refractivity contribution >= 4 is 56.2 Å². The fourth-order valence-corrected chi connectivity index (χ4v) is 4.85. The Morgan fingerprint density at radius 2 is 2.04 bits per heavy atom. The minimum atomic E-state index is -0.261. The van der Waals surface area contributed by atoms with Gasteiger partial charge in [-0.3, -0.25) is 14.2 Å². The lowest BCUT2D eigenvalue weighted by molar-refractivity contribution is -0.116. The summed E-state index contributed by atoms with van der Waals surface area (Å²) in [6.07, 6.45) is 3.44. The standard InChI is InChI=1S/C19H15N3O2S3/c1-25-13-6-4-12(5-7-13)21-16(23)9-22-11-20-18-17(19(22)24)14(10-27-18)15-3-2-8-26-15/h2-8,10-11H,9H2,1H3,(H,21,23). The van der Waals surface area contributed by atoms with Gasteiger partial charge in [0.1, 0.15) is 11.4 Å². The summed E-state index contributed by atoms with van der Waals surface area (Å²) in [7, 11) is 0. The Bertz CT molecular complexity index is 1150. The highest BCUT2D eigenvalue weighted by Crippen LogP contribution is 2.33. The Morgan fingerprint density at radius 3 is 2.74 bits per heavy atom. The molecule has 1 N–H and O–H groups in total. The maximum absolute atomic E-state index is 12.9. The van der Waals surface area contributed by atoms with Crippen molar-refractivity contribution in [2.24, 2.45) is 0 Å². The summed E-state index contributed by atoms with van der Waals surface area (Å²) in [6.45, 7) is -0.0776. The van der Waals surface area contributed by atoms with Crippen LogP contribution in [0.3, 0.4) is 0 Å². The molecule has 27 heavy (non-hydrogen) atoms. The van der Waals surface area contributed by atoms with Crippen molar-refractivity contribution in [3.8, 4) is 10.4 Å². The molecule has 0 aliphatic heterocycles. The summed E-state index contributed by atoms with van der Waals surface area (Å²) >= 11 is 4.66. The van der Waals surface area contributed by atoms with Crippen LogP contribution in [0, 0.1) is 0 Å². The lowest BCUT2D eigenvalue weighted by Crippen LogP contribution is -2.27. The number of thioether (sulfide) groups is 1. The second-order valence-corrected chi connectivity index (χ2v) is 8.45. The van der Waals surface area contributed by atoms with Crippen LogP contribution in [0.5, 0.6) is 0 Å². The number of thiophene rings is 2. The van der Waals surface area contributed by atoms with E-state index in [0.717, 1.165) is 15.3 Å². The van der Waals surface area contributed by atoms with Crippen LogP contribution in [-0.4, -0.2) is 21.7 Å². The molecule has 0 saturated heterocycles. The third-order valence-electron chi connectivity index (χ3n) is 4.04. The van der Waals surface area contributed by atoms with E-state index < -0.39 is 0 Å². The van der Waals surface area contributed by atoms with Crippen molar-refractivity contribution in [2.45, 2.75) is 11.4 Å². The first-order chi connectivity index (χ1) is 13.2. The van der Waals surface area contributed by atoms with Gasteiger partial charge in [-0.25, -0.2) is 4.98 Å². The zero-order valence-electron chi connectivity index (χ0n) is 14.3. The van der Waals surface area contributed by atoms with Gasteiger partial charge in [-0.1, -0.05) is 6.07 Å². The van der Waals surface area contributed by atoms with E-state index in [0.29, 0.717) is 15.9 Å². The fourth-order valence-electron chi connectivity index (χ4n) is 2.72. The van der Waals surface area contributed by atoms with E-state index in [9.17, 15) is 9.59 Å². The molecular weight excluding hydrogens is 398 g/mol. The Morgan fingerprint density at radius 1 is 1.22 bits per heavy atom. The zero-order chi connectivity index (χ0) is 18.8. The molecule has 1 amide bonds. The van der Waals surface area contributed by atoms with E-state index in [-0.39, 0.29) is 18.0 Å². The first-order valence-corrected chi connectivity index (χ1v) is 11.1. The van der Waals surface area contributed by atoms with Gasteiger partial charge in [0, 0.05) is 26.4 Å². The Hall–Kier alpha value is -2.42. The van der Waals surface area contributed by atoms with Crippen LogP contribution in [-0.2, 0) is 11.3 Å². The van der Waals surface area contributed by atoms with Gasteiger partial charge in [0.15, 0.2) is 0 Å². The molecule has 4 rings (SSSR count). The summed E-state index contributed by atoms with van der Waals surface area (Å²) in [5.74, 6) is -0.261. The van der Waals surface area contributed by atoms with Crippen molar-refractivity contribution in [1.29, 1.82) is 0 Å². The van der Waals surface area contributed by atoms with Crippen LogP contribution in [0.2, 0.25) is 0 Å². The molecule has 0 radical (unpaired) electrons. The van der Waals surface area contributed by atoms with Gasteiger partial charge in [0.25, 0.3) is 5.56 Å². The number of hydrogen-bond acceptors (Lipinski definition) is 6. The average Bonchev–Trinajstić information content (AvgIpc) is 3.34. The van der Waals surface area contributed by atoms with Gasteiger partial charge in [0.05, 0.1) is 11.7 Å². The Kier molecular flexibility index (Phi) is 5.11. The van der Waals surface area contributed by atoms with Gasteiger partial charge in [-0.05, 0) is 42.0 Å². The maximum atomic E-state index is 12.9. The van der Waals surface area contributed by atoms with Crippen molar-refractivity contribution in [2.75, 3.05) is 11.6 Å². The molecule has 8 heteroatoms. The van der Waals surface area contributed by atoms with Crippen LogP contribution >= 0.6 is 34.4 Å². The van der Waals surface area contributed by atoms with E-state index in [1.807, 2.05) is 53.4 Å². The summed E-state index contributed by atoms with van der Waals surface area (Å²) < 4.78 is 1.36. The van der Waals surface area contributed by atoms with Crippen molar-refractivity contribution in [3.63, 3.8) is 0 Å². The molecular formula is C19H15N3O2S3. The highest BCUT2D eigenvalue weighted by Gasteiger charge is 2.15. The molecule has 0 spiro atoms. The number of anilines is 1. The van der Waals surface area contributed by atoms with E-state index >= 15 is 0 Å². The van der Waals surface area contributed by atoms with E-state index in [1.165, 1.54) is 22.2 Å². The highest BCUT2D eigenvalue weighted by atomic mass is 32.2. The minimum Gasteiger partial charge on any atom is -0.325 e. The number of aromatic nitrogens is 2. The predicted octanol–water partition coefficient (Wildman–Crippen LogP) is 4.55. The number of benzene rings is 1. The van der Waals surface area contributed by atoms with Crippen LogP contribution in [0.1, 0.15) is 0 Å². The molecule has 0 fully saturated rings. The normalized spacial score (nSPS) is 11.0. The van der Waals surface area contributed by atoms with Crippen molar-refractivity contribution in [3.05, 3.63) is 63.8 Å². The number of amides is 1. The molecule has 0 saturated carbocycles. The molecule has 4 aromatic rings. The van der Waals surface area contributed by atoms with Gasteiger partial charge in [0.2, 0.25) is 5.91 Å². The monoisotopic (exact) mass is 413 g/mol. The number of rotatable bonds is 5. The van der Waals surface area contributed by atoms with Gasteiger partial charge < -0.3 is 5.32 Å². The number of fused-ring (bicyclic) bond motifs is 1. The Labute approximate surface area is 167 Å². The molecule has 5 nitrogen and oxygen atoms in total. The van der Waals surface area contributed by atoms with E-state index in [1.54, 1.807) is 23.1 Å². The lowest BCUT2D eigenvalue weighted by Gasteiger charge is -2.08. The second kappa shape index (κ2) is 7.67. The van der Waals surface area contributed by atoms with Crippen LogP contribution in [0.4, 0.5) is 5.69 Å². The topological polar surface area (TPSA) is 64.0 Å². The third kappa shape index (κ3) is 3.69. The van der Waals surface area contributed by atoms with Gasteiger partial charge >= 0.3 is 0 Å². The number of hydrogen-bond donors (Lipinski definition) is 1. The van der Waals surface area contributed by atoms with Crippen molar-refractivity contribution in [1.82, 2.24) is 9.55 Å². The number of carbonyl (C=O) groups excluding carboxylic acids is 1. The molecule has 0 unspecified atom stereocenters. The molecule has 1 aromatic carbocycles. The van der Waals surface area contributed by atoms with Gasteiger partial charge in [-0.15, -0.1) is 34.4 Å². The second-order valence-electron chi connectivity index (χ2n) is 5.76. The summed E-state index contributed by atoms with van der Waals surface area (Å²) in [5.41, 5.74) is 1.39. The summed E-state index contributed by atoms with van der Waals surface area (Å²) in [6, 6.07) is 11.5. The first kappa shape index (κ1) is 18.0. The molecule has 0 atom stereocenters. The maximum Gasteiger partial charge on any atom is 0.263 e. The van der Waals surface area contributed by atoms with Crippen LogP contribution < -0.4 is 10.9 Å². The van der Waals surface area contributed by atoms with E-state index in [4.69, 9.17) is 0 Å². The molecule has 136 valence electrons. The molecule has 3 aromatic heterocycles. The first-order valence-electron chi connectivity index (χ1n) is 8.10. The van der Waals surface area contributed by atoms with Crippen molar-refractivity contribution < 1.29 is 4.79 Å². The minimum absolute atomic E-state index is 0.0776. The molecule has 3 heterocycles. The van der Waals surface area contributed by atoms with Crippen LogP contribution in [0.25, 0.3) is 20.7 Å². The van der Waals surface area contributed by atoms with Gasteiger partial charge in [-0.2, -0.15) is 0 Å². The molecule has 0 aliphatic rings. The largest absolute Gasteiger partial charge is 0.325 e. The number of nitrogens with one attached hydrogen (secondary N) is 1. The fraction of sp³-hybridized carbons (Fsp3) is 0.105.